The summed E-state index contributed by atoms with van der Waals surface area (Å²) in [5.74, 6) is -0.196. The molecule has 0 aromatic rings. The van der Waals surface area contributed by atoms with E-state index in [0.29, 0.717) is 0 Å². The van der Waals surface area contributed by atoms with Crippen LogP contribution in [0, 0.1) is 5.92 Å². The Labute approximate surface area is 136 Å². The van der Waals surface area contributed by atoms with Crippen LogP contribution < -0.4 is 0 Å². The molecule has 1 aliphatic carbocycles. The number of esters is 1. The van der Waals surface area contributed by atoms with Crippen molar-refractivity contribution in [2.75, 3.05) is 0 Å². The summed E-state index contributed by atoms with van der Waals surface area (Å²) in [4.78, 5) is 22.5. The van der Waals surface area contributed by atoms with Crippen molar-refractivity contribution in [2.24, 2.45) is 5.92 Å². The largest absolute Gasteiger partial charge is 0.463 e. The van der Waals surface area contributed by atoms with Gasteiger partial charge in [0, 0.05) is 12.3 Å². The summed E-state index contributed by atoms with van der Waals surface area (Å²) in [7, 11) is 0. The molecule has 2 unspecified atom stereocenters. The van der Waals surface area contributed by atoms with Gasteiger partial charge in [-0.3, -0.25) is 9.59 Å². The van der Waals surface area contributed by atoms with E-state index < -0.39 is 4.33 Å². The number of rotatable bonds is 10. The van der Waals surface area contributed by atoms with Crippen molar-refractivity contribution in [3.05, 3.63) is 24.8 Å². The number of hydrogen-bond acceptors (Lipinski definition) is 3. The van der Waals surface area contributed by atoms with Gasteiger partial charge in [0.05, 0.1) is 12.5 Å². The highest BCUT2D eigenvalue weighted by atomic mass is 35.5. The summed E-state index contributed by atoms with van der Waals surface area (Å²) in [5.41, 5.74) is 0. The molecule has 3 nitrogen and oxygen atoms in total. The van der Waals surface area contributed by atoms with Crippen molar-refractivity contribution >= 4 is 35.0 Å². The summed E-state index contributed by atoms with van der Waals surface area (Å²) >= 11 is 11.8. The minimum atomic E-state index is -0.553. The second-order valence-electron chi connectivity index (χ2n) is 5.40. The molecule has 0 bridgehead atoms. The molecule has 0 heterocycles. The molecular formula is C16H22Cl2O3. The van der Waals surface area contributed by atoms with Crippen molar-refractivity contribution in [1.82, 2.24) is 0 Å². The van der Waals surface area contributed by atoms with Crippen LogP contribution in [0.1, 0.15) is 45.4 Å². The number of ketones is 1. The number of unbranched alkanes of at least 4 members (excludes halogenated alkanes) is 1. The minimum Gasteiger partial charge on any atom is -0.463 e. The molecule has 0 N–H and O–H groups in total. The van der Waals surface area contributed by atoms with Crippen LogP contribution in [0.25, 0.3) is 0 Å². The van der Waals surface area contributed by atoms with Crippen LogP contribution in [0.2, 0.25) is 0 Å². The second-order valence-corrected chi connectivity index (χ2v) is 6.94. The average Bonchev–Trinajstić information content (AvgIpc) is 3.03. The molecule has 1 fully saturated rings. The molecule has 0 spiro atoms. The fourth-order valence-electron chi connectivity index (χ4n) is 1.90. The first kappa shape index (κ1) is 18.2. The van der Waals surface area contributed by atoms with Gasteiger partial charge in [0.25, 0.3) is 0 Å². The second kappa shape index (κ2) is 8.60. The number of ether oxygens (including phenoxy) is 1. The lowest BCUT2D eigenvalue weighted by molar-refractivity contribution is -0.149. The average molecular weight is 333 g/mol. The Hall–Kier alpha value is -0.800. The van der Waals surface area contributed by atoms with E-state index in [0.717, 1.165) is 25.7 Å². The molecule has 0 radical (unpaired) electrons. The smallest absolute Gasteiger partial charge is 0.306 e. The molecule has 1 saturated carbocycles. The fourth-order valence-corrected chi connectivity index (χ4v) is 2.37. The summed E-state index contributed by atoms with van der Waals surface area (Å²) in [5, 5.41) is 0. The standard InChI is InChI=1S/C16H22Cl2O3/c1-3-14(19)9-10-15(20)21-12(2)7-5-4-6-8-13-11-16(13,17)18/h3,6,8,12-13H,1,4-5,7,9-11H2,2H3/b8-6-. The number of carbonyl (C=O) groups is 2. The maximum absolute atomic E-state index is 11.5. The number of halogens is 2. The van der Waals surface area contributed by atoms with Crippen LogP contribution in [0.4, 0.5) is 0 Å². The Balaban J connectivity index is 2.05. The molecule has 1 rings (SSSR count). The molecule has 0 aromatic carbocycles. The molecule has 2 atom stereocenters. The van der Waals surface area contributed by atoms with E-state index in [1.807, 2.05) is 6.92 Å². The van der Waals surface area contributed by atoms with Gasteiger partial charge in [-0.15, -0.1) is 23.2 Å². The number of carbonyl (C=O) groups excluding carboxylic acids is 2. The molecule has 1 aliphatic rings. The maximum atomic E-state index is 11.5. The SMILES string of the molecule is C=CC(=O)CCC(=O)OC(C)CCC/C=C\C1CC1(Cl)Cl. The number of allylic oxidation sites excluding steroid dienone is 3. The maximum Gasteiger partial charge on any atom is 0.306 e. The predicted molar refractivity (Wildman–Crippen MR) is 85.5 cm³/mol. The van der Waals surface area contributed by atoms with Crippen LogP contribution in [-0.4, -0.2) is 22.2 Å². The first-order valence-corrected chi connectivity index (χ1v) is 8.00. The zero-order valence-corrected chi connectivity index (χ0v) is 13.8. The molecule has 5 heteroatoms. The molecule has 0 saturated heterocycles. The van der Waals surface area contributed by atoms with E-state index in [1.54, 1.807) is 0 Å². The quantitative estimate of drug-likeness (QED) is 0.196. The van der Waals surface area contributed by atoms with Gasteiger partial charge in [-0.05, 0) is 38.7 Å². The van der Waals surface area contributed by atoms with E-state index in [1.165, 1.54) is 6.08 Å². The zero-order valence-electron chi connectivity index (χ0n) is 12.3. The summed E-state index contributed by atoms with van der Waals surface area (Å²) in [6.07, 6.45) is 8.96. The van der Waals surface area contributed by atoms with Gasteiger partial charge in [0.1, 0.15) is 4.33 Å². The Kier molecular flexibility index (Phi) is 7.47. The summed E-state index contributed by atoms with van der Waals surface area (Å²) < 4.78 is 4.67. The minimum absolute atomic E-state index is 0.115. The monoisotopic (exact) mass is 332 g/mol. The molecule has 21 heavy (non-hydrogen) atoms. The fraction of sp³-hybridized carbons (Fsp3) is 0.625. The topological polar surface area (TPSA) is 43.4 Å². The van der Waals surface area contributed by atoms with Crippen molar-refractivity contribution < 1.29 is 14.3 Å². The first-order chi connectivity index (χ1) is 9.85. The van der Waals surface area contributed by atoms with E-state index in [-0.39, 0.29) is 36.6 Å². The van der Waals surface area contributed by atoms with Gasteiger partial charge in [-0.25, -0.2) is 0 Å². The van der Waals surface area contributed by atoms with Crippen LogP contribution in [0.15, 0.2) is 24.8 Å². The Morgan fingerprint density at radius 3 is 2.67 bits per heavy atom. The highest BCUT2D eigenvalue weighted by molar-refractivity contribution is 6.51. The first-order valence-electron chi connectivity index (χ1n) is 7.24. The van der Waals surface area contributed by atoms with Crippen LogP contribution in [0.3, 0.4) is 0 Å². The Morgan fingerprint density at radius 1 is 1.43 bits per heavy atom. The van der Waals surface area contributed by atoms with Crippen molar-refractivity contribution in [3.63, 3.8) is 0 Å². The van der Waals surface area contributed by atoms with Crippen LogP contribution in [0.5, 0.6) is 0 Å². The molecule has 0 aliphatic heterocycles. The Morgan fingerprint density at radius 2 is 2.10 bits per heavy atom. The Bertz CT molecular complexity index is 416. The van der Waals surface area contributed by atoms with Gasteiger partial charge in [-0.1, -0.05) is 18.7 Å². The van der Waals surface area contributed by atoms with Gasteiger partial charge >= 0.3 is 5.97 Å². The molecule has 0 amide bonds. The van der Waals surface area contributed by atoms with Crippen LogP contribution >= 0.6 is 23.2 Å². The number of hydrogen-bond donors (Lipinski definition) is 0. The van der Waals surface area contributed by atoms with E-state index in [4.69, 9.17) is 27.9 Å². The lowest BCUT2D eigenvalue weighted by atomic mass is 10.1. The predicted octanol–water partition coefficient (Wildman–Crippen LogP) is 4.37. The molecule has 0 aromatic heterocycles. The van der Waals surface area contributed by atoms with Crippen molar-refractivity contribution in [1.29, 1.82) is 0 Å². The van der Waals surface area contributed by atoms with Crippen LogP contribution in [-0.2, 0) is 14.3 Å². The zero-order chi connectivity index (χ0) is 15.9. The normalized spacial score (nSPS) is 21.0. The van der Waals surface area contributed by atoms with Gasteiger partial charge < -0.3 is 4.74 Å². The van der Waals surface area contributed by atoms with Gasteiger partial charge in [-0.2, -0.15) is 0 Å². The third-order valence-corrected chi connectivity index (χ3v) is 4.23. The highest BCUT2D eigenvalue weighted by Crippen LogP contribution is 2.53. The van der Waals surface area contributed by atoms with E-state index in [9.17, 15) is 9.59 Å². The van der Waals surface area contributed by atoms with E-state index >= 15 is 0 Å². The van der Waals surface area contributed by atoms with Gasteiger partial charge in [0.2, 0.25) is 0 Å². The highest BCUT2D eigenvalue weighted by Gasteiger charge is 2.49. The summed E-state index contributed by atoms with van der Waals surface area (Å²) in [6.45, 7) is 5.22. The van der Waals surface area contributed by atoms with Crippen molar-refractivity contribution in [2.45, 2.75) is 55.9 Å². The molecule has 118 valence electrons. The van der Waals surface area contributed by atoms with Gasteiger partial charge in [0.15, 0.2) is 5.78 Å². The van der Waals surface area contributed by atoms with Crippen molar-refractivity contribution in [3.8, 4) is 0 Å². The lowest BCUT2D eigenvalue weighted by Gasteiger charge is -2.12. The number of alkyl halides is 2. The summed E-state index contributed by atoms with van der Waals surface area (Å²) in [6, 6.07) is 0. The third-order valence-electron chi connectivity index (χ3n) is 3.36. The lowest BCUT2D eigenvalue weighted by Crippen LogP contribution is -2.15. The van der Waals surface area contributed by atoms with E-state index in [2.05, 4.69) is 18.7 Å². The molecular weight excluding hydrogens is 311 g/mol. The third kappa shape index (κ3) is 7.68.